The lowest BCUT2D eigenvalue weighted by atomic mass is 9.56. The Morgan fingerprint density at radius 1 is 1.30 bits per heavy atom. The molecule has 0 atom stereocenters. The van der Waals surface area contributed by atoms with E-state index in [0.29, 0.717) is 23.7 Å². The Hall–Kier alpha value is -2.38. The monoisotopic (exact) mass is 422 g/mol. The van der Waals surface area contributed by atoms with Crippen LogP contribution in [0.5, 0.6) is 5.75 Å². The largest absolute Gasteiger partial charge is 0.492 e. The summed E-state index contributed by atoms with van der Waals surface area (Å²) in [5.41, 5.74) is 0.0461. The van der Waals surface area contributed by atoms with E-state index < -0.39 is 11.8 Å². The second kappa shape index (κ2) is 9.62. The van der Waals surface area contributed by atoms with Crippen molar-refractivity contribution in [3.8, 4) is 5.75 Å². The Morgan fingerprint density at radius 3 is 2.60 bits per heavy atom. The standard InChI is InChI=1S/C22H31FN2O5/c1-15(2)30-21(27)25-8-6-22(7-9-25)12-16(13-22)5-4-10-29-17-11-18(23)19(24-14-17)20(26)28-3/h11,14-16H,4-10,12-13H2,1-3H3. The summed E-state index contributed by atoms with van der Waals surface area (Å²) in [7, 11) is 1.18. The van der Waals surface area contributed by atoms with Gasteiger partial charge in [0.2, 0.25) is 0 Å². The number of esters is 1. The number of rotatable bonds is 7. The molecule has 1 saturated heterocycles. The first-order valence-electron chi connectivity index (χ1n) is 10.6. The van der Waals surface area contributed by atoms with Gasteiger partial charge in [0, 0.05) is 19.2 Å². The molecule has 2 fully saturated rings. The lowest BCUT2D eigenvalue weighted by Crippen LogP contribution is -2.49. The summed E-state index contributed by atoms with van der Waals surface area (Å²) >= 11 is 0. The third-order valence-electron chi connectivity index (χ3n) is 6.08. The van der Waals surface area contributed by atoms with Crippen LogP contribution in [0.2, 0.25) is 0 Å². The zero-order valence-electron chi connectivity index (χ0n) is 18.0. The van der Waals surface area contributed by atoms with Gasteiger partial charge in [-0.1, -0.05) is 0 Å². The van der Waals surface area contributed by atoms with Crippen molar-refractivity contribution in [2.45, 2.75) is 58.5 Å². The lowest BCUT2D eigenvalue weighted by molar-refractivity contribution is -0.0204. The average molecular weight is 422 g/mol. The average Bonchev–Trinajstić information content (AvgIpc) is 2.69. The van der Waals surface area contributed by atoms with E-state index in [0.717, 1.165) is 44.8 Å². The smallest absolute Gasteiger partial charge is 0.410 e. The van der Waals surface area contributed by atoms with E-state index in [2.05, 4.69) is 9.72 Å². The number of hydrogen-bond donors (Lipinski definition) is 0. The van der Waals surface area contributed by atoms with Crippen LogP contribution in [0.15, 0.2) is 12.3 Å². The van der Waals surface area contributed by atoms with Crippen molar-refractivity contribution in [3.05, 3.63) is 23.8 Å². The lowest BCUT2D eigenvalue weighted by Gasteiger charge is -2.52. The molecule has 1 saturated carbocycles. The summed E-state index contributed by atoms with van der Waals surface area (Å²) in [6.45, 7) is 5.78. The molecular formula is C22H31FN2O5. The van der Waals surface area contributed by atoms with Gasteiger partial charge in [-0.15, -0.1) is 0 Å². The van der Waals surface area contributed by atoms with Crippen LogP contribution in [0.25, 0.3) is 0 Å². The first-order chi connectivity index (χ1) is 14.3. The van der Waals surface area contributed by atoms with Crippen molar-refractivity contribution in [1.29, 1.82) is 0 Å². The molecule has 7 nitrogen and oxygen atoms in total. The molecule has 30 heavy (non-hydrogen) atoms. The quantitative estimate of drug-likeness (QED) is 0.484. The van der Waals surface area contributed by atoms with Crippen LogP contribution < -0.4 is 4.74 Å². The maximum atomic E-state index is 13.9. The molecule has 2 aliphatic rings. The molecule has 1 aliphatic carbocycles. The van der Waals surface area contributed by atoms with Gasteiger partial charge in [0.25, 0.3) is 0 Å². The van der Waals surface area contributed by atoms with Gasteiger partial charge < -0.3 is 19.1 Å². The molecule has 1 spiro atoms. The first-order valence-corrected chi connectivity index (χ1v) is 10.6. The molecule has 0 N–H and O–H groups in total. The second-order valence-corrected chi connectivity index (χ2v) is 8.68. The molecule has 0 aromatic carbocycles. The van der Waals surface area contributed by atoms with Crippen molar-refractivity contribution in [1.82, 2.24) is 9.88 Å². The zero-order chi connectivity index (χ0) is 21.7. The molecule has 0 radical (unpaired) electrons. The Labute approximate surface area is 176 Å². The summed E-state index contributed by atoms with van der Waals surface area (Å²) < 4.78 is 29.2. The fourth-order valence-corrected chi connectivity index (χ4v) is 4.53. The highest BCUT2D eigenvalue weighted by Crippen LogP contribution is 2.54. The van der Waals surface area contributed by atoms with Gasteiger partial charge in [-0.2, -0.15) is 0 Å². The van der Waals surface area contributed by atoms with Gasteiger partial charge in [0.05, 0.1) is 26.0 Å². The molecule has 1 aromatic rings. The Kier molecular flexibility index (Phi) is 7.15. The van der Waals surface area contributed by atoms with E-state index in [1.165, 1.54) is 26.1 Å². The van der Waals surface area contributed by atoms with Crippen LogP contribution in [0, 0.1) is 17.2 Å². The number of aromatic nitrogens is 1. The van der Waals surface area contributed by atoms with Gasteiger partial charge in [-0.25, -0.2) is 19.0 Å². The second-order valence-electron chi connectivity index (χ2n) is 8.68. The summed E-state index contributed by atoms with van der Waals surface area (Å²) in [4.78, 5) is 29.0. The third kappa shape index (κ3) is 5.40. The Morgan fingerprint density at radius 2 is 2.00 bits per heavy atom. The number of ether oxygens (including phenoxy) is 3. The number of pyridine rings is 1. The van der Waals surface area contributed by atoms with Crippen LogP contribution in [0.4, 0.5) is 9.18 Å². The van der Waals surface area contributed by atoms with Gasteiger partial charge in [-0.05, 0) is 63.7 Å². The number of hydrogen-bond acceptors (Lipinski definition) is 6. The van der Waals surface area contributed by atoms with Crippen molar-refractivity contribution in [2.75, 3.05) is 26.8 Å². The highest BCUT2D eigenvalue weighted by atomic mass is 19.1. The van der Waals surface area contributed by atoms with Gasteiger partial charge >= 0.3 is 12.1 Å². The Balaban J connectivity index is 1.33. The minimum Gasteiger partial charge on any atom is -0.492 e. The number of likely N-dealkylation sites (tertiary alicyclic amines) is 1. The maximum Gasteiger partial charge on any atom is 0.410 e. The first kappa shape index (κ1) is 22.3. The highest BCUT2D eigenvalue weighted by molar-refractivity contribution is 5.87. The van der Waals surface area contributed by atoms with Crippen LogP contribution in [-0.4, -0.2) is 54.9 Å². The van der Waals surface area contributed by atoms with E-state index in [-0.39, 0.29) is 17.9 Å². The fourth-order valence-electron chi connectivity index (χ4n) is 4.53. The number of nitrogens with zero attached hydrogens (tertiary/aromatic N) is 2. The molecule has 2 heterocycles. The van der Waals surface area contributed by atoms with Crippen LogP contribution in [0.3, 0.4) is 0 Å². The number of carbonyl (C=O) groups excluding carboxylic acids is 2. The maximum absolute atomic E-state index is 13.9. The zero-order valence-corrected chi connectivity index (χ0v) is 18.0. The van der Waals surface area contributed by atoms with E-state index in [4.69, 9.17) is 9.47 Å². The van der Waals surface area contributed by atoms with Crippen LogP contribution in [-0.2, 0) is 9.47 Å². The van der Waals surface area contributed by atoms with E-state index in [9.17, 15) is 14.0 Å². The van der Waals surface area contributed by atoms with E-state index in [1.807, 2.05) is 18.7 Å². The number of methoxy groups -OCH3 is 1. The molecule has 0 unspecified atom stereocenters. The van der Waals surface area contributed by atoms with Crippen LogP contribution >= 0.6 is 0 Å². The van der Waals surface area contributed by atoms with E-state index in [1.54, 1.807) is 0 Å². The van der Waals surface area contributed by atoms with Crippen molar-refractivity contribution < 1.29 is 28.2 Å². The molecule has 1 aliphatic heterocycles. The van der Waals surface area contributed by atoms with Crippen molar-refractivity contribution in [3.63, 3.8) is 0 Å². The fraction of sp³-hybridized carbons (Fsp3) is 0.682. The molecular weight excluding hydrogens is 391 g/mol. The molecule has 0 bridgehead atoms. The number of piperidine rings is 1. The van der Waals surface area contributed by atoms with Crippen molar-refractivity contribution in [2.24, 2.45) is 11.3 Å². The minimum atomic E-state index is -0.805. The van der Waals surface area contributed by atoms with Gasteiger partial charge in [0.15, 0.2) is 11.5 Å². The highest BCUT2D eigenvalue weighted by Gasteiger charge is 2.46. The minimum absolute atomic E-state index is 0.0817. The number of carbonyl (C=O) groups is 2. The predicted octanol–water partition coefficient (Wildman–Crippen LogP) is 4.20. The van der Waals surface area contributed by atoms with Crippen LogP contribution in [0.1, 0.15) is 62.9 Å². The topological polar surface area (TPSA) is 78.0 Å². The van der Waals surface area contributed by atoms with Crippen molar-refractivity contribution >= 4 is 12.1 Å². The normalized spacial score (nSPS) is 18.2. The van der Waals surface area contributed by atoms with Gasteiger partial charge in [-0.3, -0.25) is 0 Å². The molecule has 3 rings (SSSR count). The SMILES string of the molecule is COC(=O)c1ncc(OCCCC2CC3(CCN(C(=O)OC(C)C)CC3)C2)cc1F. The summed E-state index contributed by atoms with van der Waals surface area (Å²) in [6, 6.07) is 1.16. The summed E-state index contributed by atoms with van der Waals surface area (Å²) in [5, 5.41) is 0. The molecule has 1 amide bonds. The molecule has 1 aromatic heterocycles. The number of halogens is 1. The predicted molar refractivity (Wildman–Crippen MR) is 108 cm³/mol. The molecule has 166 valence electrons. The Bertz CT molecular complexity index is 754. The molecule has 8 heteroatoms. The van der Waals surface area contributed by atoms with Gasteiger partial charge in [0.1, 0.15) is 5.75 Å². The third-order valence-corrected chi connectivity index (χ3v) is 6.08. The number of amides is 1. The summed E-state index contributed by atoms with van der Waals surface area (Å²) in [6.07, 6.45) is 7.50. The summed E-state index contributed by atoms with van der Waals surface area (Å²) in [5.74, 6) is -0.560. The van der Waals surface area contributed by atoms with E-state index >= 15 is 0 Å².